The zero-order chi connectivity index (χ0) is 10.6. The lowest BCUT2D eigenvalue weighted by Crippen LogP contribution is -2.24. The summed E-state index contributed by atoms with van der Waals surface area (Å²) in [6.45, 7) is 2.38. The first-order valence-corrected chi connectivity index (χ1v) is 4.38. The van der Waals surface area contributed by atoms with Crippen LogP contribution >= 0.6 is 0 Å². The van der Waals surface area contributed by atoms with Crippen molar-refractivity contribution < 1.29 is 9.13 Å². The van der Waals surface area contributed by atoms with Crippen molar-refractivity contribution in [1.29, 1.82) is 0 Å². The van der Waals surface area contributed by atoms with E-state index in [1.165, 1.54) is 6.07 Å². The van der Waals surface area contributed by atoms with Crippen LogP contribution in [-0.4, -0.2) is 17.6 Å². The first-order chi connectivity index (χ1) is 6.67. The van der Waals surface area contributed by atoms with Crippen molar-refractivity contribution in [3.05, 3.63) is 23.6 Å². The number of halogens is 1. The van der Waals surface area contributed by atoms with Crippen molar-refractivity contribution in [3.63, 3.8) is 0 Å². The molecule has 0 amide bonds. The standard InChI is InChI=1S/C9H14FN3O/c1-6(3-11)14-9-7(4-12)2-8(10)5-13-9/h2,5-6H,3-4,11-12H2,1H3/t6-/m0/s1. The highest BCUT2D eigenvalue weighted by atomic mass is 19.1. The van der Waals surface area contributed by atoms with E-state index in [-0.39, 0.29) is 12.6 Å². The average molecular weight is 199 g/mol. The maximum Gasteiger partial charge on any atom is 0.218 e. The van der Waals surface area contributed by atoms with Crippen LogP contribution in [0.4, 0.5) is 4.39 Å². The van der Waals surface area contributed by atoms with Crippen LogP contribution in [0.15, 0.2) is 12.3 Å². The highest BCUT2D eigenvalue weighted by Gasteiger charge is 2.08. The van der Waals surface area contributed by atoms with E-state index in [9.17, 15) is 4.39 Å². The lowest BCUT2D eigenvalue weighted by atomic mass is 10.2. The Bertz CT molecular complexity index is 306. The second-order valence-electron chi connectivity index (χ2n) is 2.99. The summed E-state index contributed by atoms with van der Waals surface area (Å²) in [4.78, 5) is 3.80. The Morgan fingerprint density at radius 3 is 2.86 bits per heavy atom. The predicted octanol–water partition coefficient (Wildman–Crippen LogP) is 0.405. The van der Waals surface area contributed by atoms with E-state index < -0.39 is 5.82 Å². The summed E-state index contributed by atoms with van der Waals surface area (Å²) in [5.41, 5.74) is 11.3. The Kier molecular flexibility index (Phi) is 3.79. The van der Waals surface area contributed by atoms with Gasteiger partial charge in [0.15, 0.2) is 0 Å². The molecule has 0 aliphatic rings. The number of aromatic nitrogens is 1. The molecular weight excluding hydrogens is 185 g/mol. The summed E-state index contributed by atoms with van der Waals surface area (Å²) in [6, 6.07) is 1.31. The van der Waals surface area contributed by atoms with Gasteiger partial charge >= 0.3 is 0 Å². The minimum atomic E-state index is -0.418. The number of hydrogen-bond acceptors (Lipinski definition) is 4. The molecule has 0 bridgehead atoms. The third kappa shape index (κ3) is 2.65. The smallest absolute Gasteiger partial charge is 0.218 e. The molecule has 1 atom stereocenters. The molecule has 0 aliphatic heterocycles. The fourth-order valence-corrected chi connectivity index (χ4v) is 0.960. The van der Waals surface area contributed by atoms with E-state index in [0.29, 0.717) is 18.0 Å². The molecular formula is C9H14FN3O. The molecule has 0 unspecified atom stereocenters. The average Bonchev–Trinajstić information content (AvgIpc) is 2.20. The minimum absolute atomic E-state index is 0.154. The monoisotopic (exact) mass is 199 g/mol. The van der Waals surface area contributed by atoms with Crippen molar-refractivity contribution in [3.8, 4) is 5.88 Å². The van der Waals surface area contributed by atoms with Crippen LogP contribution in [0.25, 0.3) is 0 Å². The van der Waals surface area contributed by atoms with Crippen molar-refractivity contribution in [1.82, 2.24) is 4.98 Å². The largest absolute Gasteiger partial charge is 0.473 e. The van der Waals surface area contributed by atoms with Crippen LogP contribution in [0.3, 0.4) is 0 Å². The van der Waals surface area contributed by atoms with Gasteiger partial charge in [-0.25, -0.2) is 9.37 Å². The third-order valence-electron chi connectivity index (χ3n) is 1.76. The molecule has 4 nitrogen and oxygen atoms in total. The van der Waals surface area contributed by atoms with Gasteiger partial charge in [0.1, 0.15) is 11.9 Å². The summed E-state index contributed by atoms with van der Waals surface area (Å²) >= 11 is 0. The Morgan fingerprint density at radius 2 is 2.29 bits per heavy atom. The molecule has 4 N–H and O–H groups in total. The molecule has 1 aromatic rings. The number of rotatable bonds is 4. The molecule has 0 aliphatic carbocycles. The van der Waals surface area contributed by atoms with Gasteiger partial charge in [-0.3, -0.25) is 0 Å². The Hall–Kier alpha value is -1.20. The zero-order valence-electron chi connectivity index (χ0n) is 8.03. The normalized spacial score (nSPS) is 12.6. The summed E-state index contributed by atoms with van der Waals surface area (Å²) in [5.74, 6) is -0.0648. The van der Waals surface area contributed by atoms with E-state index >= 15 is 0 Å². The van der Waals surface area contributed by atoms with Gasteiger partial charge in [0.25, 0.3) is 0 Å². The first kappa shape index (κ1) is 10.9. The summed E-state index contributed by atoms with van der Waals surface area (Å²) in [5, 5.41) is 0. The highest BCUT2D eigenvalue weighted by Crippen LogP contribution is 2.16. The summed E-state index contributed by atoms with van der Waals surface area (Å²) < 4.78 is 18.1. The van der Waals surface area contributed by atoms with Gasteiger partial charge in [-0.15, -0.1) is 0 Å². The molecule has 1 rings (SSSR count). The molecule has 0 spiro atoms. The van der Waals surface area contributed by atoms with Crippen LogP contribution in [-0.2, 0) is 6.54 Å². The van der Waals surface area contributed by atoms with Crippen molar-refractivity contribution in [2.24, 2.45) is 11.5 Å². The molecule has 78 valence electrons. The van der Waals surface area contributed by atoms with Crippen LogP contribution in [0.5, 0.6) is 5.88 Å². The minimum Gasteiger partial charge on any atom is -0.473 e. The summed E-state index contributed by atoms with van der Waals surface area (Å²) in [7, 11) is 0. The van der Waals surface area contributed by atoms with Crippen molar-refractivity contribution in [2.45, 2.75) is 19.6 Å². The van der Waals surface area contributed by atoms with Gasteiger partial charge < -0.3 is 16.2 Å². The van der Waals surface area contributed by atoms with E-state index in [4.69, 9.17) is 16.2 Å². The first-order valence-electron chi connectivity index (χ1n) is 4.38. The van der Waals surface area contributed by atoms with Crippen LogP contribution in [0, 0.1) is 5.82 Å². The van der Waals surface area contributed by atoms with Gasteiger partial charge in [-0.2, -0.15) is 0 Å². The van der Waals surface area contributed by atoms with Crippen molar-refractivity contribution in [2.75, 3.05) is 6.54 Å². The van der Waals surface area contributed by atoms with Crippen molar-refractivity contribution >= 4 is 0 Å². The molecule has 1 heterocycles. The number of ether oxygens (including phenoxy) is 1. The SMILES string of the molecule is C[C@@H](CN)Oc1ncc(F)cc1CN. The topological polar surface area (TPSA) is 74.2 Å². The van der Waals surface area contributed by atoms with E-state index in [1.807, 2.05) is 6.92 Å². The fraction of sp³-hybridized carbons (Fsp3) is 0.444. The third-order valence-corrected chi connectivity index (χ3v) is 1.76. The maximum atomic E-state index is 12.8. The second-order valence-corrected chi connectivity index (χ2v) is 2.99. The van der Waals surface area contributed by atoms with Crippen LogP contribution in [0.1, 0.15) is 12.5 Å². The predicted molar refractivity (Wildman–Crippen MR) is 51.2 cm³/mol. The maximum absolute atomic E-state index is 12.8. The number of pyridine rings is 1. The van der Waals surface area contributed by atoms with Crippen LogP contribution < -0.4 is 16.2 Å². The molecule has 0 saturated heterocycles. The number of nitrogens with zero attached hydrogens (tertiary/aromatic N) is 1. The number of nitrogens with two attached hydrogens (primary N) is 2. The Labute approximate surface area is 82.1 Å². The molecule has 1 aromatic heterocycles. The molecule has 0 saturated carbocycles. The molecule has 0 radical (unpaired) electrons. The van der Waals surface area contributed by atoms with E-state index in [1.54, 1.807) is 0 Å². The van der Waals surface area contributed by atoms with E-state index in [0.717, 1.165) is 6.20 Å². The molecule has 0 aromatic carbocycles. The Balaban J connectivity index is 2.85. The summed E-state index contributed by atoms with van der Waals surface area (Å²) in [6.07, 6.45) is 0.941. The fourth-order valence-electron chi connectivity index (χ4n) is 0.960. The molecule has 14 heavy (non-hydrogen) atoms. The van der Waals surface area contributed by atoms with E-state index in [2.05, 4.69) is 4.98 Å². The van der Waals surface area contributed by atoms with Gasteiger partial charge in [0.2, 0.25) is 5.88 Å². The Morgan fingerprint density at radius 1 is 1.57 bits per heavy atom. The number of hydrogen-bond donors (Lipinski definition) is 2. The van der Waals surface area contributed by atoms with Gasteiger partial charge in [0, 0.05) is 18.7 Å². The van der Waals surface area contributed by atoms with Gasteiger partial charge in [-0.05, 0) is 13.0 Å². The lowest BCUT2D eigenvalue weighted by molar-refractivity contribution is 0.217. The van der Waals surface area contributed by atoms with Gasteiger partial charge in [0.05, 0.1) is 6.20 Å². The molecule has 5 heteroatoms. The quantitative estimate of drug-likeness (QED) is 0.736. The second kappa shape index (κ2) is 4.88. The van der Waals surface area contributed by atoms with Crippen LogP contribution in [0.2, 0.25) is 0 Å². The lowest BCUT2D eigenvalue weighted by Gasteiger charge is -2.13. The zero-order valence-corrected chi connectivity index (χ0v) is 8.03. The molecule has 0 fully saturated rings. The highest BCUT2D eigenvalue weighted by molar-refractivity contribution is 5.26. The van der Waals surface area contributed by atoms with Gasteiger partial charge in [-0.1, -0.05) is 0 Å².